The Labute approximate surface area is 147 Å². The van der Waals surface area contributed by atoms with Crippen molar-refractivity contribution in [3.05, 3.63) is 52.5 Å². The van der Waals surface area contributed by atoms with Crippen LogP contribution >= 0.6 is 0 Å². The number of aromatic nitrogens is 1. The summed E-state index contributed by atoms with van der Waals surface area (Å²) in [5.41, 5.74) is 1.08. The van der Waals surface area contributed by atoms with Crippen molar-refractivity contribution < 1.29 is 28.2 Å². The summed E-state index contributed by atoms with van der Waals surface area (Å²) in [6.07, 6.45) is 1.35. The van der Waals surface area contributed by atoms with Crippen LogP contribution in [0.3, 0.4) is 0 Å². The van der Waals surface area contributed by atoms with Gasteiger partial charge in [0.25, 0.3) is 0 Å². The molecule has 0 bridgehead atoms. The number of nitrogens with zero attached hydrogens (tertiary/aromatic N) is 2. The van der Waals surface area contributed by atoms with Crippen molar-refractivity contribution in [1.82, 2.24) is 4.98 Å². The Kier molecular flexibility index (Phi) is 6.53. The van der Waals surface area contributed by atoms with Gasteiger partial charge < -0.3 is 20.4 Å². The molecule has 3 N–H and O–H groups in total. The van der Waals surface area contributed by atoms with Gasteiger partial charge in [0.05, 0.1) is 18.5 Å². The second-order valence-electron chi connectivity index (χ2n) is 5.62. The number of aliphatic hydroxyl groups is 2. The van der Waals surface area contributed by atoms with E-state index in [0.29, 0.717) is 5.56 Å². The molecule has 0 radical (unpaired) electrons. The molecule has 6 nitrogen and oxygen atoms in total. The van der Waals surface area contributed by atoms with Gasteiger partial charge in [-0.05, 0) is 31.0 Å². The van der Waals surface area contributed by atoms with Crippen LogP contribution in [0.1, 0.15) is 16.7 Å². The molecule has 9 heteroatoms. The fourth-order valence-electron chi connectivity index (χ4n) is 2.08. The predicted molar refractivity (Wildman–Crippen MR) is 89.9 cm³/mol. The van der Waals surface area contributed by atoms with Gasteiger partial charge in [-0.15, -0.1) is 0 Å². The number of halogens is 3. The maximum Gasteiger partial charge on any atom is 0.196 e. The molecule has 0 aliphatic carbocycles. The van der Waals surface area contributed by atoms with Crippen LogP contribution in [0.5, 0.6) is 0 Å². The minimum atomic E-state index is -1.63. The summed E-state index contributed by atoms with van der Waals surface area (Å²) in [6.45, 7) is 2.71. The Bertz CT molecular complexity index is 816. The first-order valence-corrected chi connectivity index (χ1v) is 7.65. The molecule has 2 aromatic rings. The number of benzene rings is 1. The highest BCUT2D eigenvalue weighted by atomic mass is 19.2. The van der Waals surface area contributed by atoms with Gasteiger partial charge in [0.2, 0.25) is 0 Å². The van der Waals surface area contributed by atoms with Crippen LogP contribution in [0.25, 0.3) is 0 Å². The lowest BCUT2D eigenvalue weighted by molar-refractivity contribution is 0.00884. The van der Waals surface area contributed by atoms with Gasteiger partial charge in [0.1, 0.15) is 18.5 Å². The van der Waals surface area contributed by atoms with Gasteiger partial charge in [0, 0.05) is 11.8 Å². The van der Waals surface area contributed by atoms with Crippen molar-refractivity contribution in [2.24, 2.45) is 5.16 Å². The van der Waals surface area contributed by atoms with Crippen LogP contribution in [0, 0.1) is 31.3 Å². The number of nitrogens with one attached hydrogen (secondary N) is 1. The molecule has 0 saturated carbocycles. The van der Waals surface area contributed by atoms with E-state index >= 15 is 0 Å². The van der Waals surface area contributed by atoms with E-state index in [1.165, 1.54) is 0 Å². The summed E-state index contributed by atoms with van der Waals surface area (Å²) in [6, 6.07) is 2.54. The molecular weight excluding hydrogens is 351 g/mol. The SMILES string of the molecule is Cc1cnc(Nc2c(/C=N/OC[C@@H](O)CO)cc(F)c(F)c2F)c(C)c1. The van der Waals surface area contributed by atoms with Crippen molar-refractivity contribution in [3.63, 3.8) is 0 Å². The average molecular weight is 369 g/mol. The number of aliphatic hydroxyl groups excluding tert-OH is 2. The molecule has 140 valence electrons. The maximum absolute atomic E-state index is 14.2. The summed E-state index contributed by atoms with van der Waals surface area (Å²) < 4.78 is 41.4. The van der Waals surface area contributed by atoms with Crippen molar-refractivity contribution in [2.75, 3.05) is 18.5 Å². The largest absolute Gasteiger partial charge is 0.394 e. The zero-order valence-electron chi connectivity index (χ0n) is 14.1. The topological polar surface area (TPSA) is 87.0 Å². The minimum absolute atomic E-state index is 0.123. The first-order valence-electron chi connectivity index (χ1n) is 7.65. The summed E-state index contributed by atoms with van der Waals surface area (Å²) in [5.74, 6) is -4.18. The third-order valence-corrected chi connectivity index (χ3v) is 3.40. The lowest BCUT2D eigenvalue weighted by Crippen LogP contribution is -2.17. The third kappa shape index (κ3) is 4.70. The highest BCUT2D eigenvalue weighted by molar-refractivity contribution is 5.89. The molecule has 2 rings (SSSR count). The van der Waals surface area contributed by atoms with Gasteiger partial charge in [-0.25, -0.2) is 18.2 Å². The van der Waals surface area contributed by atoms with Crippen LogP contribution in [0.2, 0.25) is 0 Å². The second kappa shape index (κ2) is 8.63. The predicted octanol–water partition coefficient (Wildman–Crippen LogP) is 2.56. The van der Waals surface area contributed by atoms with E-state index in [-0.39, 0.29) is 23.7 Å². The molecule has 1 atom stereocenters. The van der Waals surface area contributed by atoms with Crippen molar-refractivity contribution in [2.45, 2.75) is 20.0 Å². The second-order valence-corrected chi connectivity index (χ2v) is 5.62. The zero-order chi connectivity index (χ0) is 19.3. The van der Waals surface area contributed by atoms with E-state index in [1.807, 2.05) is 6.92 Å². The Hall–Kier alpha value is -2.65. The number of rotatable bonds is 7. The molecule has 0 aliphatic rings. The number of hydrogen-bond donors (Lipinski definition) is 3. The molecule has 1 heterocycles. The first-order chi connectivity index (χ1) is 12.3. The number of pyridine rings is 1. The van der Waals surface area contributed by atoms with Crippen molar-refractivity contribution in [1.29, 1.82) is 0 Å². The van der Waals surface area contributed by atoms with E-state index in [9.17, 15) is 13.2 Å². The summed E-state index contributed by atoms with van der Waals surface area (Å²) in [7, 11) is 0. The van der Waals surface area contributed by atoms with Crippen LogP contribution in [0.15, 0.2) is 23.5 Å². The molecule has 0 fully saturated rings. The van der Waals surface area contributed by atoms with Crippen molar-refractivity contribution in [3.8, 4) is 0 Å². The Morgan fingerprint density at radius 2 is 2.00 bits per heavy atom. The number of oxime groups is 1. The summed E-state index contributed by atoms with van der Waals surface area (Å²) in [5, 5.41) is 23.9. The lowest BCUT2D eigenvalue weighted by atomic mass is 10.1. The monoisotopic (exact) mass is 369 g/mol. The number of hydrogen-bond acceptors (Lipinski definition) is 6. The fourth-order valence-corrected chi connectivity index (χ4v) is 2.08. The van der Waals surface area contributed by atoms with Gasteiger partial charge >= 0.3 is 0 Å². The standard InChI is InChI=1S/C17H18F3N3O3/c1-9-3-10(2)17(21-5-9)23-16-11(4-13(18)14(19)15(16)20)6-22-26-8-12(25)7-24/h3-6,12,24-25H,7-8H2,1-2H3,(H,21,23)/b22-6+/t12-/m0/s1. The Morgan fingerprint density at radius 1 is 1.27 bits per heavy atom. The molecular formula is C17H18F3N3O3. The van der Waals surface area contributed by atoms with Crippen LogP contribution in [0.4, 0.5) is 24.7 Å². The number of anilines is 2. The molecule has 26 heavy (non-hydrogen) atoms. The lowest BCUT2D eigenvalue weighted by Gasteiger charge is -2.13. The summed E-state index contributed by atoms with van der Waals surface area (Å²) in [4.78, 5) is 8.83. The van der Waals surface area contributed by atoms with E-state index in [1.54, 1.807) is 19.2 Å². The van der Waals surface area contributed by atoms with Gasteiger partial charge in [-0.1, -0.05) is 11.2 Å². The molecule has 0 unspecified atom stereocenters. The normalized spacial score (nSPS) is 12.4. The molecule has 0 amide bonds. The van der Waals surface area contributed by atoms with E-state index in [0.717, 1.165) is 17.8 Å². The fraction of sp³-hybridized carbons (Fsp3) is 0.294. The van der Waals surface area contributed by atoms with Crippen LogP contribution in [-0.2, 0) is 4.84 Å². The Morgan fingerprint density at radius 3 is 2.65 bits per heavy atom. The van der Waals surface area contributed by atoms with Gasteiger partial charge in [-0.3, -0.25) is 0 Å². The average Bonchev–Trinajstić information content (AvgIpc) is 2.61. The maximum atomic E-state index is 14.2. The first kappa shape index (κ1) is 19.7. The Balaban J connectivity index is 2.34. The van der Waals surface area contributed by atoms with Crippen LogP contribution in [-0.4, -0.2) is 40.7 Å². The zero-order valence-corrected chi connectivity index (χ0v) is 14.1. The minimum Gasteiger partial charge on any atom is -0.394 e. The van der Waals surface area contributed by atoms with E-state index < -0.39 is 30.2 Å². The molecule has 1 aromatic heterocycles. The smallest absolute Gasteiger partial charge is 0.196 e. The molecule has 0 saturated heterocycles. The highest BCUT2D eigenvalue weighted by Gasteiger charge is 2.19. The van der Waals surface area contributed by atoms with Gasteiger partial charge in [-0.2, -0.15) is 0 Å². The number of aryl methyl sites for hydroxylation is 2. The molecule has 0 spiro atoms. The summed E-state index contributed by atoms with van der Waals surface area (Å²) >= 11 is 0. The highest BCUT2D eigenvalue weighted by Crippen LogP contribution is 2.28. The van der Waals surface area contributed by atoms with Gasteiger partial charge in [0.15, 0.2) is 17.5 Å². The molecule has 0 aliphatic heterocycles. The van der Waals surface area contributed by atoms with E-state index in [4.69, 9.17) is 15.1 Å². The van der Waals surface area contributed by atoms with Crippen molar-refractivity contribution >= 4 is 17.7 Å². The van der Waals surface area contributed by atoms with E-state index in [2.05, 4.69) is 15.5 Å². The van der Waals surface area contributed by atoms with Crippen LogP contribution < -0.4 is 5.32 Å². The quantitative estimate of drug-likeness (QED) is 0.397. The third-order valence-electron chi connectivity index (χ3n) is 3.40. The molecule has 1 aromatic carbocycles.